The fourth-order valence-electron chi connectivity index (χ4n) is 1.94. The zero-order chi connectivity index (χ0) is 13.1. The minimum Gasteiger partial charge on any atom is -0.324 e. The van der Waals surface area contributed by atoms with Crippen LogP contribution in [-0.2, 0) is 6.42 Å². The molecule has 0 aliphatic carbocycles. The van der Waals surface area contributed by atoms with Gasteiger partial charge in [-0.25, -0.2) is 0 Å². The molecule has 1 unspecified atom stereocenters. The topological polar surface area (TPSA) is 26.0 Å². The molecular weight excluding hydrogens is 286 g/mol. The van der Waals surface area contributed by atoms with Crippen molar-refractivity contribution in [2.45, 2.75) is 26.3 Å². The minimum absolute atomic E-state index is 0.0459. The summed E-state index contributed by atoms with van der Waals surface area (Å²) in [6.07, 6.45) is 0.871. The summed E-state index contributed by atoms with van der Waals surface area (Å²) in [4.78, 5) is 0. The molecule has 0 bridgehead atoms. The first-order valence-corrected chi connectivity index (χ1v) is 6.93. The Morgan fingerprint density at radius 1 is 1.06 bits per heavy atom. The van der Waals surface area contributed by atoms with Gasteiger partial charge in [-0.3, -0.25) is 0 Å². The van der Waals surface area contributed by atoms with Gasteiger partial charge in [0.1, 0.15) is 0 Å². The van der Waals surface area contributed by atoms with Crippen molar-refractivity contribution in [3.05, 3.63) is 69.2 Å². The highest BCUT2D eigenvalue weighted by atomic mass is 79.9. The van der Waals surface area contributed by atoms with E-state index in [0.717, 1.165) is 10.9 Å². The lowest BCUT2D eigenvalue weighted by molar-refractivity contribution is 0.721. The number of rotatable bonds is 3. The number of benzene rings is 2. The average molecular weight is 304 g/mol. The van der Waals surface area contributed by atoms with Gasteiger partial charge in [0, 0.05) is 10.5 Å². The Morgan fingerprint density at radius 2 is 1.72 bits per heavy atom. The van der Waals surface area contributed by atoms with Crippen LogP contribution in [0.3, 0.4) is 0 Å². The highest BCUT2D eigenvalue weighted by molar-refractivity contribution is 9.10. The third-order valence-electron chi connectivity index (χ3n) is 3.20. The minimum atomic E-state index is 0.0459. The van der Waals surface area contributed by atoms with Gasteiger partial charge in [-0.1, -0.05) is 57.9 Å². The van der Waals surface area contributed by atoms with Crippen LogP contribution < -0.4 is 5.73 Å². The van der Waals surface area contributed by atoms with Crippen LogP contribution in [0.1, 0.15) is 28.3 Å². The summed E-state index contributed by atoms with van der Waals surface area (Å²) in [6.45, 7) is 4.18. The maximum absolute atomic E-state index is 6.26. The number of halogens is 1. The van der Waals surface area contributed by atoms with Crippen LogP contribution in [0.15, 0.2) is 46.9 Å². The van der Waals surface area contributed by atoms with Crippen LogP contribution >= 0.6 is 15.9 Å². The molecule has 0 aliphatic rings. The van der Waals surface area contributed by atoms with Crippen molar-refractivity contribution in [1.82, 2.24) is 0 Å². The molecule has 0 saturated carbocycles. The van der Waals surface area contributed by atoms with Crippen LogP contribution in [-0.4, -0.2) is 0 Å². The second-order valence-electron chi connectivity index (χ2n) is 4.80. The van der Waals surface area contributed by atoms with E-state index in [4.69, 9.17) is 5.73 Å². The van der Waals surface area contributed by atoms with Gasteiger partial charge in [-0.15, -0.1) is 0 Å². The molecule has 0 radical (unpaired) electrons. The normalized spacial score (nSPS) is 12.4. The van der Waals surface area contributed by atoms with Crippen molar-refractivity contribution in [2.75, 3.05) is 0 Å². The van der Waals surface area contributed by atoms with Gasteiger partial charge in [0.25, 0.3) is 0 Å². The van der Waals surface area contributed by atoms with Crippen LogP contribution in [0.4, 0.5) is 0 Å². The Morgan fingerprint density at radius 3 is 2.33 bits per heavy atom. The van der Waals surface area contributed by atoms with Crippen molar-refractivity contribution < 1.29 is 0 Å². The lowest BCUT2D eigenvalue weighted by Crippen LogP contribution is -2.13. The molecule has 1 nitrogen and oxygen atoms in total. The van der Waals surface area contributed by atoms with Gasteiger partial charge in [0.15, 0.2) is 0 Å². The third kappa shape index (κ3) is 3.21. The first kappa shape index (κ1) is 13.3. The maximum atomic E-state index is 6.26. The van der Waals surface area contributed by atoms with E-state index >= 15 is 0 Å². The highest BCUT2D eigenvalue weighted by Gasteiger charge is 2.08. The Bertz CT molecular complexity index is 531. The molecule has 0 spiro atoms. The van der Waals surface area contributed by atoms with Crippen molar-refractivity contribution in [3.63, 3.8) is 0 Å². The quantitative estimate of drug-likeness (QED) is 0.898. The Balaban J connectivity index is 2.13. The molecule has 2 N–H and O–H groups in total. The summed E-state index contributed by atoms with van der Waals surface area (Å²) in [7, 11) is 0. The molecule has 2 aromatic carbocycles. The van der Waals surface area contributed by atoms with Crippen molar-refractivity contribution >= 4 is 15.9 Å². The van der Waals surface area contributed by atoms with E-state index in [2.05, 4.69) is 72.2 Å². The van der Waals surface area contributed by atoms with Gasteiger partial charge in [0.05, 0.1) is 0 Å². The fraction of sp³-hybridized carbons (Fsp3) is 0.250. The molecule has 94 valence electrons. The molecule has 0 aromatic heterocycles. The molecule has 2 heteroatoms. The van der Waals surface area contributed by atoms with E-state index in [0.29, 0.717) is 0 Å². The second kappa shape index (κ2) is 5.68. The van der Waals surface area contributed by atoms with Crippen LogP contribution in [0, 0.1) is 13.8 Å². The summed E-state index contributed by atoms with van der Waals surface area (Å²) >= 11 is 3.55. The Hall–Kier alpha value is -1.12. The molecular formula is C16H18BrN. The molecule has 1 atom stereocenters. The molecule has 0 fully saturated rings. The summed E-state index contributed by atoms with van der Waals surface area (Å²) in [6, 6.07) is 14.9. The first-order valence-electron chi connectivity index (χ1n) is 6.13. The zero-order valence-corrected chi connectivity index (χ0v) is 12.4. The van der Waals surface area contributed by atoms with E-state index in [1.54, 1.807) is 0 Å². The third-order valence-corrected chi connectivity index (χ3v) is 4.05. The molecule has 0 heterocycles. The van der Waals surface area contributed by atoms with E-state index in [9.17, 15) is 0 Å². The summed E-state index contributed by atoms with van der Waals surface area (Å²) < 4.78 is 1.12. The predicted octanol–water partition coefficient (Wildman–Crippen LogP) is 4.31. The van der Waals surface area contributed by atoms with Crippen molar-refractivity contribution in [2.24, 2.45) is 5.73 Å². The second-order valence-corrected chi connectivity index (χ2v) is 5.66. The van der Waals surface area contributed by atoms with Crippen LogP contribution in [0.5, 0.6) is 0 Å². The molecule has 0 saturated heterocycles. The predicted molar refractivity (Wildman–Crippen MR) is 80.7 cm³/mol. The molecule has 2 rings (SSSR count). The van der Waals surface area contributed by atoms with E-state index in [1.807, 2.05) is 0 Å². The van der Waals surface area contributed by atoms with Crippen LogP contribution in [0.25, 0.3) is 0 Å². The molecule has 2 aromatic rings. The molecule has 0 aliphatic heterocycles. The SMILES string of the molecule is Cc1ccc(CC(N)c2ccc(C)c(Br)c2)cc1. The first-order chi connectivity index (χ1) is 8.56. The standard InChI is InChI=1S/C16H18BrN/c1-11-3-6-13(7-4-11)9-16(18)14-8-5-12(2)15(17)10-14/h3-8,10,16H,9,18H2,1-2H3. The lowest BCUT2D eigenvalue weighted by atomic mass is 9.98. The van der Waals surface area contributed by atoms with E-state index < -0.39 is 0 Å². The number of hydrogen-bond donors (Lipinski definition) is 1. The highest BCUT2D eigenvalue weighted by Crippen LogP contribution is 2.23. The number of aryl methyl sites for hydroxylation is 2. The number of hydrogen-bond acceptors (Lipinski definition) is 1. The molecule has 0 amide bonds. The van der Waals surface area contributed by atoms with E-state index in [1.165, 1.54) is 22.3 Å². The Labute approximate surface area is 117 Å². The van der Waals surface area contributed by atoms with Crippen molar-refractivity contribution in [1.29, 1.82) is 0 Å². The van der Waals surface area contributed by atoms with Gasteiger partial charge in [-0.05, 0) is 43.0 Å². The number of nitrogens with two attached hydrogens (primary N) is 1. The van der Waals surface area contributed by atoms with E-state index in [-0.39, 0.29) is 6.04 Å². The lowest BCUT2D eigenvalue weighted by Gasteiger charge is -2.13. The van der Waals surface area contributed by atoms with Crippen LogP contribution in [0.2, 0.25) is 0 Å². The molecule has 18 heavy (non-hydrogen) atoms. The van der Waals surface area contributed by atoms with Gasteiger partial charge >= 0.3 is 0 Å². The van der Waals surface area contributed by atoms with Crippen molar-refractivity contribution in [3.8, 4) is 0 Å². The maximum Gasteiger partial charge on any atom is 0.0336 e. The van der Waals surface area contributed by atoms with Gasteiger partial charge in [0.2, 0.25) is 0 Å². The zero-order valence-electron chi connectivity index (χ0n) is 10.8. The smallest absolute Gasteiger partial charge is 0.0336 e. The monoisotopic (exact) mass is 303 g/mol. The largest absolute Gasteiger partial charge is 0.324 e. The average Bonchev–Trinajstić information content (AvgIpc) is 2.35. The van der Waals surface area contributed by atoms with Gasteiger partial charge < -0.3 is 5.73 Å². The van der Waals surface area contributed by atoms with Gasteiger partial charge in [-0.2, -0.15) is 0 Å². The summed E-state index contributed by atoms with van der Waals surface area (Å²) in [5.41, 5.74) is 11.2. The Kier molecular flexibility index (Phi) is 4.20. The summed E-state index contributed by atoms with van der Waals surface area (Å²) in [5, 5.41) is 0. The summed E-state index contributed by atoms with van der Waals surface area (Å²) in [5.74, 6) is 0. The fourth-order valence-corrected chi connectivity index (χ4v) is 2.33.